The monoisotopic (exact) mass is 297 g/mol. The highest BCUT2D eigenvalue weighted by molar-refractivity contribution is 6.25. The Bertz CT molecular complexity index is 487. The van der Waals surface area contributed by atoms with E-state index in [4.69, 9.17) is 21.4 Å². The van der Waals surface area contributed by atoms with E-state index in [1.54, 1.807) is 6.92 Å². The minimum atomic E-state index is -1.14. The van der Waals surface area contributed by atoms with Crippen molar-refractivity contribution in [2.45, 2.75) is 26.0 Å². The molecule has 1 rings (SSSR count). The first-order valence-electron chi connectivity index (χ1n) is 5.98. The second kappa shape index (κ2) is 8.22. The minimum absolute atomic E-state index is 0.0866. The molecule has 20 heavy (non-hydrogen) atoms. The Morgan fingerprint density at radius 3 is 2.60 bits per heavy atom. The van der Waals surface area contributed by atoms with Crippen LogP contribution in [0.4, 0.5) is 4.79 Å². The number of amides is 1. The van der Waals surface area contributed by atoms with Crippen molar-refractivity contribution in [3.8, 4) is 0 Å². The molecule has 5 nitrogen and oxygen atoms in total. The molecular weight excluding hydrogens is 282 g/mol. The number of rotatable bonds is 6. The quantitative estimate of drug-likeness (QED) is 0.846. The smallest absolute Gasteiger partial charge is 0.408 e. The fourth-order valence-corrected chi connectivity index (χ4v) is 1.56. The third-order valence-electron chi connectivity index (χ3n) is 2.52. The van der Waals surface area contributed by atoms with Crippen LogP contribution in [0.2, 0.25) is 0 Å². The van der Waals surface area contributed by atoms with Crippen LogP contribution in [0.15, 0.2) is 41.4 Å². The maximum Gasteiger partial charge on any atom is 0.408 e. The van der Waals surface area contributed by atoms with Gasteiger partial charge in [0.1, 0.15) is 12.6 Å². The molecule has 1 aromatic carbocycles. The van der Waals surface area contributed by atoms with Crippen LogP contribution in [0.5, 0.6) is 0 Å². The summed E-state index contributed by atoms with van der Waals surface area (Å²) in [5, 5.41) is 11.3. The molecule has 0 aliphatic rings. The second-order valence-corrected chi connectivity index (χ2v) is 4.47. The molecule has 0 aliphatic heterocycles. The topological polar surface area (TPSA) is 75.6 Å². The van der Waals surface area contributed by atoms with Crippen molar-refractivity contribution < 1.29 is 19.4 Å². The van der Waals surface area contributed by atoms with Crippen molar-refractivity contribution in [3.63, 3.8) is 0 Å². The molecule has 1 atom stereocenters. The molecule has 108 valence electrons. The molecule has 1 aromatic rings. The summed E-state index contributed by atoms with van der Waals surface area (Å²) in [6.07, 6.45) is -0.650. The van der Waals surface area contributed by atoms with Crippen LogP contribution in [0.1, 0.15) is 18.9 Å². The number of halogens is 1. The molecule has 1 amide bonds. The lowest BCUT2D eigenvalue weighted by Gasteiger charge is -2.14. The molecule has 2 N–H and O–H groups in total. The van der Waals surface area contributed by atoms with Gasteiger partial charge in [0.05, 0.1) is 0 Å². The zero-order valence-corrected chi connectivity index (χ0v) is 11.8. The van der Waals surface area contributed by atoms with Gasteiger partial charge in [-0.15, -0.1) is 0 Å². The molecule has 0 aromatic heterocycles. The number of carboxylic acids is 1. The summed E-state index contributed by atoms with van der Waals surface area (Å²) in [4.78, 5) is 22.6. The molecule has 0 fully saturated rings. The summed E-state index contributed by atoms with van der Waals surface area (Å²) in [6, 6.07) is 8.06. The highest BCUT2D eigenvalue weighted by Gasteiger charge is 2.20. The summed E-state index contributed by atoms with van der Waals surface area (Å²) in [5.41, 5.74) is 2.77. The van der Waals surface area contributed by atoms with Crippen LogP contribution in [0.3, 0.4) is 0 Å². The van der Waals surface area contributed by atoms with Gasteiger partial charge in [-0.3, -0.25) is 0 Å². The highest BCUT2D eigenvalue weighted by atomic mass is 35.5. The number of hydrogen-bond acceptors (Lipinski definition) is 3. The Hall–Kier alpha value is -2.01. The van der Waals surface area contributed by atoms with E-state index in [1.807, 2.05) is 30.3 Å². The predicted octanol–water partition coefficient (Wildman–Crippen LogP) is 2.90. The molecular formula is C14H16ClNO4. The van der Waals surface area contributed by atoms with E-state index < -0.39 is 18.1 Å². The van der Waals surface area contributed by atoms with Gasteiger partial charge in [0.25, 0.3) is 0 Å². The van der Waals surface area contributed by atoms with E-state index in [9.17, 15) is 9.59 Å². The predicted molar refractivity (Wildman–Crippen MR) is 75.4 cm³/mol. The van der Waals surface area contributed by atoms with Gasteiger partial charge < -0.3 is 15.2 Å². The fourth-order valence-electron chi connectivity index (χ4n) is 1.47. The lowest BCUT2D eigenvalue weighted by atomic mass is 10.1. The van der Waals surface area contributed by atoms with E-state index in [0.29, 0.717) is 5.57 Å². The minimum Gasteiger partial charge on any atom is -0.480 e. The number of carbonyl (C=O) groups is 2. The summed E-state index contributed by atoms with van der Waals surface area (Å²) < 4.78 is 4.96. The third kappa shape index (κ3) is 5.75. The van der Waals surface area contributed by atoms with E-state index in [2.05, 4.69) is 5.32 Å². The van der Waals surface area contributed by atoms with Gasteiger partial charge in [-0.25, -0.2) is 9.59 Å². The van der Waals surface area contributed by atoms with E-state index in [0.717, 1.165) is 5.56 Å². The van der Waals surface area contributed by atoms with Gasteiger partial charge in [-0.05, 0) is 12.5 Å². The number of aliphatic carboxylic acids is 1. The second-order valence-electron chi connectivity index (χ2n) is 4.26. The molecule has 0 aliphatic carbocycles. The zero-order chi connectivity index (χ0) is 15.0. The molecule has 0 heterocycles. The lowest BCUT2D eigenvalue weighted by Crippen LogP contribution is -2.41. The Morgan fingerprint density at radius 2 is 2.05 bits per heavy atom. The fraction of sp³-hybridized carbons (Fsp3) is 0.286. The molecule has 0 saturated carbocycles. The van der Waals surface area contributed by atoms with Crippen molar-refractivity contribution in [3.05, 3.63) is 47.0 Å². The number of carboxylic acid groups (broad SMARTS) is 1. The summed E-state index contributed by atoms with van der Waals surface area (Å²) in [5.74, 6) is -1.14. The molecule has 0 saturated heterocycles. The number of ether oxygens (including phenoxy) is 1. The standard InChI is InChI=1S/C14H16ClNO4/c1-10(8-15)7-12(13(17)18)16-14(19)20-9-11-5-3-2-4-6-11/h2-6,8,12H,7,9H2,1H3,(H,16,19)(H,17,18)/b10-8-. The molecule has 0 radical (unpaired) electrons. The van der Waals surface area contributed by atoms with Gasteiger partial charge in [-0.1, -0.05) is 47.5 Å². The Labute approximate surface area is 122 Å². The van der Waals surface area contributed by atoms with Gasteiger partial charge in [0.2, 0.25) is 0 Å². The van der Waals surface area contributed by atoms with Crippen molar-refractivity contribution >= 4 is 23.7 Å². The van der Waals surface area contributed by atoms with Crippen LogP contribution in [0.25, 0.3) is 0 Å². The molecule has 6 heteroatoms. The first-order valence-corrected chi connectivity index (χ1v) is 6.42. The summed E-state index contributed by atoms with van der Waals surface area (Å²) in [7, 11) is 0. The van der Waals surface area contributed by atoms with Crippen molar-refractivity contribution in [2.24, 2.45) is 0 Å². The Morgan fingerprint density at radius 1 is 1.40 bits per heavy atom. The van der Waals surface area contributed by atoms with E-state index >= 15 is 0 Å². The van der Waals surface area contributed by atoms with Crippen molar-refractivity contribution in [1.82, 2.24) is 5.32 Å². The lowest BCUT2D eigenvalue weighted by molar-refractivity contribution is -0.139. The van der Waals surface area contributed by atoms with Gasteiger partial charge in [0, 0.05) is 12.0 Å². The molecule has 1 unspecified atom stereocenters. The largest absolute Gasteiger partial charge is 0.480 e. The molecule has 0 bridgehead atoms. The number of hydrogen-bond donors (Lipinski definition) is 2. The normalized spacial score (nSPS) is 12.6. The Kier molecular flexibility index (Phi) is 6.59. The van der Waals surface area contributed by atoms with Crippen molar-refractivity contribution in [2.75, 3.05) is 0 Å². The SMILES string of the molecule is C/C(=C/Cl)CC(NC(=O)OCc1ccccc1)C(=O)O. The van der Waals surface area contributed by atoms with Gasteiger partial charge in [0.15, 0.2) is 0 Å². The van der Waals surface area contributed by atoms with E-state index in [-0.39, 0.29) is 13.0 Å². The number of carbonyl (C=O) groups excluding carboxylic acids is 1. The summed E-state index contributed by atoms with van der Waals surface area (Å²) in [6.45, 7) is 1.77. The molecule has 0 spiro atoms. The number of benzene rings is 1. The zero-order valence-electron chi connectivity index (χ0n) is 11.0. The van der Waals surface area contributed by atoms with Crippen molar-refractivity contribution in [1.29, 1.82) is 0 Å². The van der Waals surface area contributed by atoms with Gasteiger partial charge >= 0.3 is 12.1 Å². The van der Waals surface area contributed by atoms with Crippen LogP contribution in [-0.4, -0.2) is 23.2 Å². The number of nitrogens with one attached hydrogen (secondary N) is 1. The number of alkyl carbamates (subject to hydrolysis) is 1. The first kappa shape index (κ1) is 16.0. The average molecular weight is 298 g/mol. The average Bonchev–Trinajstić information content (AvgIpc) is 2.45. The first-order chi connectivity index (χ1) is 9.52. The van der Waals surface area contributed by atoms with E-state index in [1.165, 1.54) is 5.54 Å². The highest BCUT2D eigenvalue weighted by Crippen LogP contribution is 2.07. The summed E-state index contributed by atoms with van der Waals surface area (Å²) >= 11 is 5.48. The van der Waals surface area contributed by atoms with Crippen LogP contribution < -0.4 is 5.32 Å². The third-order valence-corrected chi connectivity index (χ3v) is 2.89. The van der Waals surface area contributed by atoms with Crippen LogP contribution in [-0.2, 0) is 16.1 Å². The van der Waals surface area contributed by atoms with Gasteiger partial charge in [-0.2, -0.15) is 0 Å². The van der Waals surface area contributed by atoms with Crippen LogP contribution in [0, 0.1) is 0 Å². The maximum atomic E-state index is 11.6. The Balaban J connectivity index is 2.48. The van der Waals surface area contributed by atoms with Crippen LogP contribution >= 0.6 is 11.6 Å². The maximum absolute atomic E-state index is 11.6.